The summed E-state index contributed by atoms with van der Waals surface area (Å²) >= 11 is 1.41. The third kappa shape index (κ3) is 4.89. The zero-order valence-corrected chi connectivity index (χ0v) is 15.9. The molecule has 3 rings (SSSR count). The number of fused-ring (bicyclic) bond motifs is 1. The maximum absolute atomic E-state index is 12.2. The van der Waals surface area contributed by atoms with Gasteiger partial charge >= 0.3 is 5.97 Å². The highest BCUT2D eigenvalue weighted by Gasteiger charge is 2.18. The van der Waals surface area contributed by atoms with Gasteiger partial charge in [-0.05, 0) is 41.8 Å². The van der Waals surface area contributed by atoms with Crippen molar-refractivity contribution >= 4 is 40.9 Å². The van der Waals surface area contributed by atoms with Crippen LogP contribution in [0.4, 0.5) is 11.4 Å². The van der Waals surface area contributed by atoms with Crippen LogP contribution in [0.1, 0.15) is 35.7 Å². The van der Waals surface area contributed by atoms with Crippen LogP contribution in [0.3, 0.4) is 0 Å². The van der Waals surface area contributed by atoms with Gasteiger partial charge in [0.1, 0.15) is 0 Å². The molecule has 2 aromatic carbocycles. The van der Waals surface area contributed by atoms with Crippen LogP contribution in [-0.4, -0.2) is 30.1 Å². The summed E-state index contributed by atoms with van der Waals surface area (Å²) in [7, 11) is 0. The minimum Gasteiger partial charge on any atom is -0.452 e. The van der Waals surface area contributed by atoms with Gasteiger partial charge in [-0.3, -0.25) is 9.59 Å². The topological polar surface area (TPSA) is 84.5 Å². The molecule has 6 nitrogen and oxygen atoms in total. The van der Waals surface area contributed by atoms with Crippen LogP contribution in [-0.2, 0) is 14.3 Å². The molecular weight excluding hydrogens is 364 g/mol. The molecule has 1 aliphatic heterocycles. The number of ether oxygens (including phenoxy) is 1. The highest BCUT2D eigenvalue weighted by Crippen LogP contribution is 2.32. The zero-order chi connectivity index (χ0) is 19.4. The number of rotatable bonds is 5. The van der Waals surface area contributed by atoms with E-state index in [2.05, 4.69) is 24.5 Å². The van der Waals surface area contributed by atoms with Gasteiger partial charge in [0, 0.05) is 10.6 Å². The van der Waals surface area contributed by atoms with Gasteiger partial charge in [0.05, 0.1) is 17.0 Å². The Morgan fingerprint density at radius 1 is 1.19 bits per heavy atom. The standard InChI is InChI=1S/C20H20N2O4S/c1-12(2)13-3-6-15(7-4-13)21-18(23)10-26-20(25)14-5-8-17-16(9-14)22-19(24)11-27-17/h3-9,12H,10-11H2,1-2H3,(H,21,23)(H,22,24). The largest absolute Gasteiger partial charge is 0.452 e. The molecule has 7 heteroatoms. The Kier molecular flexibility index (Phi) is 5.81. The van der Waals surface area contributed by atoms with Crippen molar-refractivity contribution < 1.29 is 19.1 Å². The molecule has 0 saturated heterocycles. The van der Waals surface area contributed by atoms with E-state index in [1.807, 2.05) is 24.3 Å². The van der Waals surface area contributed by atoms with Gasteiger partial charge in [0.15, 0.2) is 6.61 Å². The first-order valence-electron chi connectivity index (χ1n) is 8.56. The van der Waals surface area contributed by atoms with Gasteiger partial charge < -0.3 is 15.4 Å². The first-order valence-corrected chi connectivity index (χ1v) is 9.54. The number of benzene rings is 2. The van der Waals surface area contributed by atoms with Crippen LogP contribution >= 0.6 is 11.8 Å². The fourth-order valence-electron chi connectivity index (χ4n) is 2.57. The Hall–Kier alpha value is -2.80. The lowest BCUT2D eigenvalue weighted by Crippen LogP contribution is -2.22. The van der Waals surface area contributed by atoms with Crippen molar-refractivity contribution in [1.29, 1.82) is 0 Å². The van der Waals surface area contributed by atoms with Crippen molar-refractivity contribution in [3.63, 3.8) is 0 Å². The quantitative estimate of drug-likeness (QED) is 0.769. The first-order chi connectivity index (χ1) is 12.9. The second-order valence-corrected chi connectivity index (χ2v) is 7.47. The molecule has 0 radical (unpaired) electrons. The second-order valence-electron chi connectivity index (χ2n) is 6.45. The van der Waals surface area contributed by atoms with Crippen molar-refractivity contribution in [3.05, 3.63) is 53.6 Å². The van der Waals surface area contributed by atoms with E-state index in [0.717, 1.165) is 4.90 Å². The summed E-state index contributed by atoms with van der Waals surface area (Å²) in [6, 6.07) is 12.5. The molecule has 27 heavy (non-hydrogen) atoms. The summed E-state index contributed by atoms with van der Waals surface area (Å²) in [5.41, 5.74) is 2.69. The lowest BCUT2D eigenvalue weighted by molar-refractivity contribution is -0.119. The summed E-state index contributed by atoms with van der Waals surface area (Å²) < 4.78 is 5.07. The second kappa shape index (κ2) is 8.26. The van der Waals surface area contributed by atoms with Crippen LogP contribution in [0.25, 0.3) is 0 Å². The highest BCUT2D eigenvalue weighted by molar-refractivity contribution is 8.00. The Bertz CT molecular complexity index is 878. The number of anilines is 2. The van der Waals surface area contributed by atoms with E-state index in [4.69, 9.17) is 4.74 Å². The van der Waals surface area contributed by atoms with Crippen molar-refractivity contribution in [3.8, 4) is 0 Å². The molecule has 2 amide bonds. The average molecular weight is 384 g/mol. The molecule has 0 unspecified atom stereocenters. The van der Waals surface area contributed by atoms with E-state index in [1.54, 1.807) is 18.2 Å². The van der Waals surface area contributed by atoms with Crippen molar-refractivity contribution in [2.75, 3.05) is 23.0 Å². The Labute approximate surface area is 161 Å². The Morgan fingerprint density at radius 2 is 1.93 bits per heavy atom. The van der Waals surface area contributed by atoms with Crippen LogP contribution < -0.4 is 10.6 Å². The summed E-state index contributed by atoms with van der Waals surface area (Å²) in [4.78, 5) is 36.5. The molecule has 140 valence electrons. The summed E-state index contributed by atoms with van der Waals surface area (Å²) in [5.74, 6) is -0.374. The fourth-order valence-corrected chi connectivity index (χ4v) is 3.36. The van der Waals surface area contributed by atoms with E-state index in [-0.39, 0.29) is 18.1 Å². The molecule has 2 aromatic rings. The molecule has 1 heterocycles. The van der Waals surface area contributed by atoms with Gasteiger partial charge in [-0.2, -0.15) is 0 Å². The first kappa shape index (κ1) is 19.0. The minimum atomic E-state index is -0.618. The smallest absolute Gasteiger partial charge is 0.338 e. The van der Waals surface area contributed by atoms with Crippen LogP contribution in [0.2, 0.25) is 0 Å². The number of carbonyl (C=O) groups is 3. The van der Waals surface area contributed by atoms with E-state index in [0.29, 0.717) is 23.0 Å². The number of amides is 2. The normalized spacial score (nSPS) is 12.9. The van der Waals surface area contributed by atoms with Crippen molar-refractivity contribution in [2.24, 2.45) is 0 Å². The number of hydrogen-bond acceptors (Lipinski definition) is 5. The molecular formula is C20H20N2O4S. The molecule has 0 fully saturated rings. The molecule has 1 aliphatic rings. The summed E-state index contributed by atoms with van der Waals surface area (Å²) in [6.45, 7) is 3.80. The van der Waals surface area contributed by atoms with E-state index in [9.17, 15) is 14.4 Å². The third-order valence-electron chi connectivity index (χ3n) is 4.04. The number of nitrogens with one attached hydrogen (secondary N) is 2. The molecule has 2 N–H and O–H groups in total. The van der Waals surface area contributed by atoms with Crippen molar-refractivity contribution in [1.82, 2.24) is 0 Å². The molecule has 0 spiro atoms. The summed E-state index contributed by atoms with van der Waals surface area (Å²) in [6.07, 6.45) is 0. The Balaban J connectivity index is 1.55. The van der Waals surface area contributed by atoms with Gasteiger partial charge in [-0.15, -0.1) is 11.8 Å². The lowest BCUT2D eigenvalue weighted by Gasteiger charge is -2.16. The average Bonchev–Trinajstić information content (AvgIpc) is 2.66. The van der Waals surface area contributed by atoms with Gasteiger partial charge in [0.25, 0.3) is 5.91 Å². The number of esters is 1. The fraction of sp³-hybridized carbons (Fsp3) is 0.250. The zero-order valence-electron chi connectivity index (χ0n) is 15.1. The van der Waals surface area contributed by atoms with Crippen LogP contribution in [0, 0.1) is 0 Å². The maximum atomic E-state index is 12.2. The monoisotopic (exact) mass is 384 g/mol. The predicted octanol–water partition coefficient (Wildman–Crippen LogP) is 3.65. The molecule has 0 atom stereocenters. The van der Waals surface area contributed by atoms with Gasteiger partial charge in [-0.1, -0.05) is 26.0 Å². The van der Waals surface area contributed by atoms with Crippen LogP contribution in [0.5, 0.6) is 0 Å². The molecule has 0 aliphatic carbocycles. The number of thioether (sulfide) groups is 1. The lowest BCUT2D eigenvalue weighted by atomic mass is 10.0. The summed E-state index contributed by atoms with van der Waals surface area (Å²) in [5, 5.41) is 5.41. The SMILES string of the molecule is CC(C)c1ccc(NC(=O)COC(=O)c2ccc3c(c2)NC(=O)CS3)cc1. The predicted molar refractivity (Wildman–Crippen MR) is 105 cm³/mol. The maximum Gasteiger partial charge on any atom is 0.338 e. The highest BCUT2D eigenvalue weighted by atomic mass is 32.2. The number of hydrogen-bond donors (Lipinski definition) is 2. The molecule has 0 bridgehead atoms. The van der Waals surface area contributed by atoms with Crippen LogP contribution in [0.15, 0.2) is 47.4 Å². The van der Waals surface area contributed by atoms with E-state index < -0.39 is 11.9 Å². The van der Waals surface area contributed by atoms with Crippen molar-refractivity contribution in [2.45, 2.75) is 24.7 Å². The van der Waals surface area contributed by atoms with Gasteiger partial charge in [-0.25, -0.2) is 4.79 Å². The van der Waals surface area contributed by atoms with Gasteiger partial charge in [0.2, 0.25) is 5.91 Å². The molecule has 0 aromatic heterocycles. The molecule has 0 saturated carbocycles. The number of carbonyl (C=O) groups excluding carboxylic acids is 3. The minimum absolute atomic E-state index is 0.110. The Morgan fingerprint density at radius 3 is 2.63 bits per heavy atom. The van der Waals surface area contributed by atoms with E-state index in [1.165, 1.54) is 17.3 Å². The third-order valence-corrected chi connectivity index (χ3v) is 5.12. The van der Waals surface area contributed by atoms with E-state index >= 15 is 0 Å².